The van der Waals surface area contributed by atoms with Crippen LogP contribution in [0.25, 0.3) is 0 Å². The predicted molar refractivity (Wildman–Crippen MR) is 70.7 cm³/mol. The Morgan fingerprint density at radius 1 is 1.25 bits per heavy atom. The van der Waals surface area contributed by atoms with E-state index < -0.39 is 21.9 Å². The van der Waals surface area contributed by atoms with Crippen LogP contribution in [0.5, 0.6) is 0 Å². The Morgan fingerprint density at radius 2 is 1.80 bits per heavy atom. The number of primary amides is 1. The summed E-state index contributed by atoms with van der Waals surface area (Å²) in [6.07, 6.45) is 0.885. The van der Waals surface area contributed by atoms with E-state index in [-0.39, 0.29) is 10.6 Å². The molecule has 1 rings (SSSR count). The van der Waals surface area contributed by atoms with Gasteiger partial charge in [0, 0.05) is 5.69 Å². The predicted octanol–water partition coefficient (Wildman–Crippen LogP) is -0.712. The van der Waals surface area contributed by atoms with E-state index in [0.717, 1.165) is 13.2 Å². The number of carbonyl (C=O) groups is 2. The van der Waals surface area contributed by atoms with Crippen LogP contribution in [0.1, 0.15) is 0 Å². The first-order valence-electron chi connectivity index (χ1n) is 5.23. The van der Waals surface area contributed by atoms with E-state index in [1.54, 1.807) is 0 Å². The lowest BCUT2D eigenvalue weighted by Crippen LogP contribution is -2.21. The second kappa shape index (κ2) is 6.17. The molecule has 1 aromatic carbocycles. The molecule has 0 radical (unpaired) electrons. The average molecular weight is 299 g/mol. The Morgan fingerprint density at radius 3 is 2.20 bits per heavy atom. The van der Waals surface area contributed by atoms with Crippen molar-refractivity contribution in [1.82, 2.24) is 0 Å². The van der Waals surface area contributed by atoms with Crippen LogP contribution in [0, 0.1) is 0 Å². The minimum atomic E-state index is -3.80. The van der Waals surface area contributed by atoms with Crippen molar-refractivity contribution in [3.8, 4) is 0 Å². The topological polar surface area (TPSA) is 142 Å². The molecule has 9 heteroatoms. The third-order valence-electron chi connectivity index (χ3n) is 2.19. The van der Waals surface area contributed by atoms with E-state index in [0.29, 0.717) is 5.69 Å². The van der Waals surface area contributed by atoms with Crippen molar-refractivity contribution in [2.45, 2.75) is 4.90 Å². The molecule has 5 N–H and O–H groups in total. The first-order chi connectivity index (χ1) is 9.24. The molecular formula is C11H13N3O5S. The highest BCUT2D eigenvalue weighted by Crippen LogP contribution is 2.14. The van der Waals surface area contributed by atoms with Crippen LogP contribution in [-0.2, 0) is 24.3 Å². The number of primary sulfonamides is 1. The molecule has 0 atom stereocenters. The number of nitrogens with one attached hydrogen (secondary N) is 1. The average Bonchev–Trinajstić information content (AvgIpc) is 2.37. The molecule has 0 unspecified atom stereocenters. The van der Waals surface area contributed by atoms with Gasteiger partial charge in [0.25, 0.3) is 5.91 Å². The summed E-state index contributed by atoms with van der Waals surface area (Å²) >= 11 is 0. The fourth-order valence-electron chi connectivity index (χ4n) is 1.23. The van der Waals surface area contributed by atoms with E-state index in [9.17, 15) is 18.0 Å². The minimum absolute atomic E-state index is 0.0828. The van der Waals surface area contributed by atoms with Gasteiger partial charge in [-0.3, -0.25) is 4.79 Å². The van der Waals surface area contributed by atoms with E-state index in [1.807, 2.05) is 0 Å². The van der Waals surface area contributed by atoms with Crippen molar-refractivity contribution in [3.63, 3.8) is 0 Å². The minimum Gasteiger partial charge on any atom is -0.466 e. The Bertz CT molecular complexity index is 649. The summed E-state index contributed by atoms with van der Waals surface area (Å²) in [5, 5.41) is 7.52. The zero-order chi connectivity index (χ0) is 15.3. The molecule has 1 amide bonds. The second-order valence-electron chi connectivity index (χ2n) is 3.64. The maximum Gasteiger partial charge on any atom is 0.332 e. The number of methoxy groups -OCH3 is 1. The molecule has 8 nitrogen and oxygen atoms in total. The summed E-state index contributed by atoms with van der Waals surface area (Å²) in [6.45, 7) is 0. The van der Waals surface area contributed by atoms with E-state index in [2.05, 4.69) is 10.1 Å². The van der Waals surface area contributed by atoms with Gasteiger partial charge in [-0.05, 0) is 24.3 Å². The fourth-order valence-corrected chi connectivity index (χ4v) is 1.74. The summed E-state index contributed by atoms with van der Waals surface area (Å²) in [7, 11) is -2.64. The number of anilines is 1. The first kappa shape index (κ1) is 15.7. The van der Waals surface area contributed by atoms with Crippen LogP contribution in [0.15, 0.2) is 40.9 Å². The number of hydrogen-bond acceptors (Lipinski definition) is 6. The van der Waals surface area contributed by atoms with Gasteiger partial charge < -0.3 is 15.8 Å². The number of benzene rings is 1. The Hall–Kier alpha value is -2.39. The highest BCUT2D eigenvalue weighted by atomic mass is 32.2. The van der Waals surface area contributed by atoms with Gasteiger partial charge in [-0.25, -0.2) is 18.4 Å². The second-order valence-corrected chi connectivity index (χ2v) is 5.20. The van der Waals surface area contributed by atoms with Gasteiger partial charge in [-0.2, -0.15) is 0 Å². The maximum atomic E-state index is 11.1. The summed E-state index contributed by atoms with van der Waals surface area (Å²) in [5.74, 6) is -1.63. The lowest BCUT2D eigenvalue weighted by molar-refractivity contribution is -0.135. The number of amides is 1. The largest absolute Gasteiger partial charge is 0.466 e. The van der Waals surface area contributed by atoms with Crippen molar-refractivity contribution in [2.24, 2.45) is 10.9 Å². The number of esters is 1. The van der Waals surface area contributed by atoms with E-state index in [4.69, 9.17) is 10.9 Å². The SMILES string of the molecule is COC(=O)/C=C(\Nc1ccc(S(N)(=O)=O)cc1)C(N)=O. The summed E-state index contributed by atoms with van der Waals surface area (Å²) in [6, 6.07) is 5.23. The number of nitrogens with two attached hydrogens (primary N) is 2. The summed E-state index contributed by atoms with van der Waals surface area (Å²) in [4.78, 5) is 22.1. The van der Waals surface area contributed by atoms with Crippen LogP contribution in [0.4, 0.5) is 5.69 Å². The molecule has 0 bridgehead atoms. The van der Waals surface area contributed by atoms with Gasteiger partial charge in [-0.15, -0.1) is 0 Å². The molecule has 0 aliphatic heterocycles. The Kier molecular flexibility index (Phi) is 4.83. The number of hydrogen-bond donors (Lipinski definition) is 3. The van der Waals surface area contributed by atoms with Gasteiger partial charge in [0.05, 0.1) is 18.1 Å². The van der Waals surface area contributed by atoms with Crippen molar-refractivity contribution in [3.05, 3.63) is 36.0 Å². The van der Waals surface area contributed by atoms with Crippen molar-refractivity contribution in [2.75, 3.05) is 12.4 Å². The highest BCUT2D eigenvalue weighted by Gasteiger charge is 2.10. The zero-order valence-corrected chi connectivity index (χ0v) is 11.3. The number of ether oxygens (including phenoxy) is 1. The van der Waals surface area contributed by atoms with Crippen LogP contribution < -0.4 is 16.2 Å². The molecule has 0 saturated heterocycles. The lowest BCUT2D eigenvalue weighted by Gasteiger charge is -2.08. The van der Waals surface area contributed by atoms with Crippen molar-refractivity contribution in [1.29, 1.82) is 0 Å². The monoisotopic (exact) mass is 299 g/mol. The molecule has 108 valence electrons. The van der Waals surface area contributed by atoms with Crippen LogP contribution >= 0.6 is 0 Å². The van der Waals surface area contributed by atoms with E-state index >= 15 is 0 Å². The fraction of sp³-hybridized carbons (Fsp3) is 0.0909. The van der Waals surface area contributed by atoms with Gasteiger partial charge >= 0.3 is 5.97 Å². The number of sulfonamides is 1. The standard InChI is InChI=1S/C11H13N3O5S/c1-19-10(15)6-9(11(12)16)14-7-2-4-8(5-3-7)20(13,17)18/h2-6,14H,1H3,(H2,12,16)(H2,13,17,18)/b9-6-. The normalized spacial score (nSPS) is 11.8. The summed E-state index contributed by atoms with van der Waals surface area (Å²) < 4.78 is 26.5. The molecule has 0 heterocycles. The van der Waals surface area contributed by atoms with Gasteiger partial charge in [0.2, 0.25) is 10.0 Å². The van der Waals surface area contributed by atoms with Crippen molar-refractivity contribution < 1.29 is 22.7 Å². The van der Waals surface area contributed by atoms with Crippen LogP contribution in [-0.4, -0.2) is 27.4 Å². The van der Waals surface area contributed by atoms with Gasteiger partial charge in [0.1, 0.15) is 5.70 Å². The molecule has 1 aromatic rings. The third kappa shape index (κ3) is 4.37. The molecular weight excluding hydrogens is 286 g/mol. The van der Waals surface area contributed by atoms with E-state index in [1.165, 1.54) is 24.3 Å². The Balaban J connectivity index is 2.99. The number of carbonyl (C=O) groups excluding carboxylic acids is 2. The molecule has 0 aliphatic carbocycles. The third-order valence-corrected chi connectivity index (χ3v) is 3.12. The van der Waals surface area contributed by atoms with Gasteiger partial charge in [-0.1, -0.05) is 0 Å². The lowest BCUT2D eigenvalue weighted by atomic mass is 10.3. The maximum absolute atomic E-state index is 11.1. The van der Waals surface area contributed by atoms with Gasteiger partial charge in [0.15, 0.2) is 0 Å². The van der Waals surface area contributed by atoms with Crippen LogP contribution in [0.3, 0.4) is 0 Å². The molecule has 0 fully saturated rings. The molecule has 0 aromatic heterocycles. The van der Waals surface area contributed by atoms with Crippen LogP contribution in [0.2, 0.25) is 0 Å². The van der Waals surface area contributed by atoms with Crippen molar-refractivity contribution >= 4 is 27.6 Å². The summed E-state index contributed by atoms with van der Waals surface area (Å²) in [5.41, 5.74) is 5.25. The number of rotatable bonds is 5. The smallest absolute Gasteiger partial charge is 0.332 e. The molecule has 0 spiro atoms. The molecule has 0 aliphatic rings. The quantitative estimate of drug-likeness (QED) is 0.484. The molecule has 20 heavy (non-hydrogen) atoms. The molecule has 0 saturated carbocycles. The highest BCUT2D eigenvalue weighted by molar-refractivity contribution is 7.89. The first-order valence-corrected chi connectivity index (χ1v) is 6.78. The Labute approximate surface area is 115 Å². The zero-order valence-electron chi connectivity index (χ0n) is 10.5.